The summed E-state index contributed by atoms with van der Waals surface area (Å²) in [5.74, 6) is 0.579. The van der Waals surface area contributed by atoms with Crippen LogP contribution in [0.15, 0.2) is 17.0 Å². The first-order valence-corrected chi connectivity index (χ1v) is 8.97. The average Bonchev–Trinajstić information content (AvgIpc) is 2.34. The molecule has 0 aliphatic carbocycles. The molecule has 0 saturated carbocycles. The third kappa shape index (κ3) is 5.00. The highest BCUT2D eigenvalue weighted by atomic mass is 32.2. The first kappa shape index (κ1) is 18.0. The van der Waals surface area contributed by atoms with Crippen molar-refractivity contribution in [3.63, 3.8) is 0 Å². The molecule has 1 aromatic carbocycles. The molecule has 0 aliphatic rings. The van der Waals surface area contributed by atoms with Crippen molar-refractivity contribution in [2.75, 3.05) is 12.4 Å². The van der Waals surface area contributed by atoms with E-state index in [1.807, 2.05) is 40.0 Å². The Labute approximate surface area is 129 Å². The van der Waals surface area contributed by atoms with Gasteiger partial charge in [-0.1, -0.05) is 13.8 Å². The van der Waals surface area contributed by atoms with Crippen LogP contribution in [0.25, 0.3) is 0 Å². The summed E-state index contributed by atoms with van der Waals surface area (Å²) < 4.78 is 28.0. The summed E-state index contributed by atoms with van der Waals surface area (Å²) in [6.07, 6.45) is 1.87. The van der Waals surface area contributed by atoms with E-state index in [9.17, 15) is 8.42 Å². The minimum atomic E-state index is -3.47. The van der Waals surface area contributed by atoms with E-state index in [-0.39, 0.29) is 6.04 Å². The van der Waals surface area contributed by atoms with Gasteiger partial charge in [0.05, 0.1) is 4.90 Å². The number of nitrogens with one attached hydrogen (secondary N) is 2. The van der Waals surface area contributed by atoms with Gasteiger partial charge in [-0.25, -0.2) is 13.1 Å². The minimum Gasteiger partial charge on any atom is -0.388 e. The Hall–Kier alpha value is -1.07. The van der Waals surface area contributed by atoms with Crippen molar-refractivity contribution in [3.8, 4) is 0 Å². The van der Waals surface area contributed by atoms with Gasteiger partial charge in [-0.2, -0.15) is 0 Å². The molecule has 1 aromatic rings. The van der Waals surface area contributed by atoms with E-state index in [0.717, 1.165) is 29.7 Å². The van der Waals surface area contributed by atoms with E-state index in [1.54, 1.807) is 0 Å². The number of aryl methyl sites for hydroxylation is 2. The molecule has 0 amide bonds. The van der Waals surface area contributed by atoms with Gasteiger partial charge in [0, 0.05) is 18.8 Å². The maximum Gasteiger partial charge on any atom is 0.241 e. The highest BCUT2D eigenvalue weighted by Gasteiger charge is 2.22. The van der Waals surface area contributed by atoms with Crippen LogP contribution >= 0.6 is 0 Å². The summed E-state index contributed by atoms with van der Waals surface area (Å²) >= 11 is 0. The lowest BCUT2D eigenvalue weighted by molar-refractivity contribution is 0.485. The second-order valence-electron chi connectivity index (χ2n) is 6.18. The molecule has 1 unspecified atom stereocenters. The molecule has 0 fully saturated rings. The van der Waals surface area contributed by atoms with Crippen molar-refractivity contribution in [3.05, 3.63) is 23.3 Å². The Morgan fingerprint density at radius 1 is 1.05 bits per heavy atom. The molecule has 1 atom stereocenters. The van der Waals surface area contributed by atoms with Gasteiger partial charge in [-0.05, 0) is 62.8 Å². The summed E-state index contributed by atoms with van der Waals surface area (Å²) in [5, 5.41) is 3.05. The SMILES string of the molecule is CNc1cc(C)c(S(=O)(=O)NC(C)CCC(C)C)c(C)c1. The normalized spacial score (nSPS) is 13.5. The molecule has 0 heterocycles. The van der Waals surface area contributed by atoms with Gasteiger partial charge in [0.2, 0.25) is 10.0 Å². The van der Waals surface area contributed by atoms with Crippen LogP contribution in [0.4, 0.5) is 5.69 Å². The van der Waals surface area contributed by atoms with Crippen LogP contribution in [0.3, 0.4) is 0 Å². The van der Waals surface area contributed by atoms with Crippen molar-refractivity contribution in [2.24, 2.45) is 5.92 Å². The summed E-state index contributed by atoms with van der Waals surface area (Å²) in [5.41, 5.74) is 2.46. The van der Waals surface area contributed by atoms with Crippen molar-refractivity contribution >= 4 is 15.7 Å². The predicted molar refractivity (Wildman–Crippen MR) is 89.3 cm³/mol. The quantitative estimate of drug-likeness (QED) is 0.811. The lowest BCUT2D eigenvalue weighted by Crippen LogP contribution is -2.33. The van der Waals surface area contributed by atoms with Crippen molar-refractivity contribution < 1.29 is 8.42 Å². The molecule has 0 saturated heterocycles. The van der Waals surface area contributed by atoms with Gasteiger partial charge in [0.25, 0.3) is 0 Å². The van der Waals surface area contributed by atoms with Crippen molar-refractivity contribution in [1.82, 2.24) is 4.72 Å². The monoisotopic (exact) mass is 312 g/mol. The van der Waals surface area contributed by atoms with E-state index in [1.165, 1.54) is 0 Å². The van der Waals surface area contributed by atoms with Crippen LogP contribution in [-0.2, 0) is 10.0 Å². The Morgan fingerprint density at radius 2 is 1.57 bits per heavy atom. The first-order chi connectivity index (χ1) is 9.67. The highest BCUT2D eigenvalue weighted by Crippen LogP contribution is 2.24. The maximum atomic E-state index is 12.6. The molecule has 0 aliphatic heterocycles. The molecule has 1 rings (SSSR count). The standard InChI is InChI=1S/C16H28N2O2S/c1-11(2)7-8-14(5)18-21(19,20)16-12(3)9-15(17-6)10-13(16)4/h9-11,14,17-18H,7-8H2,1-6H3. The third-order valence-electron chi connectivity index (χ3n) is 3.55. The van der Waals surface area contributed by atoms with Crippen LogP contribution in [0.2, 0.25) is 0 Å². The largest absolute Gasteiger partial charge is 0.388 e. The van der Waals surface area contributed by atoms with E-state index in [2.05, 4.69) is 23.9 Å². The van der Waals surface area contributed by atoms with Gasteiger partial charge in [0.1, 0.15) is 0 Å². The lowest BCUT2D eigenvalue weighted by Gasteiger charge is -2.18. The Bertz CT molecular complexity index is 557. The van der Waals surface area contributed by atoms with Gasteiger partial charge in [-0.15, -0.1) is 0 Å². The van der Waals surface area contributed by atoms with E-state index in [4.69, 9.17) is 0 Å². The zero-order valence-electron chi connectivity index (χ0n) is 13.9. The summed E-state index contributed by atoms with van der Waals surface area (Å²) in [4.78, 5) is 0.401. The number of benzene rings is 1. The molecule has 0 spiro atoms. The van der Waals surface area contributed by atoms with Gasteiger partial charge in [0.15, 0.2) is 0 Å². The second kappa shape index (κ2) is 7.27. The number of hydrogen-bond acceptors (Lipinski definition) is 3. The molecular formula is C16H28N2O2S. The smallest absolute Gasteiger partial charge is 0.241 e. The minimum absolute atomic E-state index is 0.0554. The molecule has 0 radical (unpaired) electrons. The molecule has 2 N–H and O–H groups in total. The average molecular weight is 312 g/mol. The zero-order chi connectivity index (χ0) is 16.2. The molecular weight excluding hydrogens is 284 g/mol. The fourth-order valence-electron chi connectivity index (χ4n) is 2.48. The van der Waals surface area contributed by atoms with Crippen LogP contribution < -0.4 is 10.0 Å². The van der Waals surface area contributed by atoms with E-state index < -0.39 is 10.0 Å². The predicted octanol–water partition coefficient (Wildman–Crippen LogP) is 3.45. The summed E-state index contributed by atoms with van der Waals surface area (Å²) in [6.45, 7) is 9.88. The zero-order valence-corrected chi connectivity index (χ0v) is 14.8. The Kier molecular flexibility index (Phi) is 6.23. The van der Waals surface area contributed by atoms with Crippen molar-refractivity contribution in [1.29, 1.82) is 0 Å². The number of hydrogen-bond donors (Lipinski definition) is 2. The van der Waals surface area contributed by atoms with Crippen LogP contribution in [0.5, 0.6) is 0 Å². The topological polar surface area (TPSA) is 58.2 Å². The summed E-state index contributed by atoms with van der Waals surface area (Å²) in [6, 6.07) is 3.67. The number of anilines is 1. The number of rotatable bonds is 7. The molecule has 5 heteroatoms. The second-order valence-corrected chi connectivity index (χ2v) is 7.83. The Balaban J connectivity index is 2.98. The molecule has 4 nitrogen and oxygen atoms in total. The van der Waals surface area contributed by atoms with Crippen LogP contribution in [-0.4, -0.2) is 21.5 Å². The van der Waals surface area contributed by atoms with Crippen LogP contribution in [0, 0.1) is 19.8 Å². The highest BCUT2D eigenvalue weighted by molar-refractivity contribution is 7.89. The third-order valence-corrected chi connectivity index (χ3v) is 5.45. The van der Waals surface area contributed by atoms with E-state index >= 15 is 0 Å². The molecule has 0 bridgehead atoms. The Morgan fingerprint density at radius 3 is 2.00 bits per heavy atom. The summed E-state index contributed by atoms with van der Waals surface area (Å²) in [7, 11) is -1.64. The molecule has 21 heavy (non-hydrogen) atoms. The lowest BCUT2D eigenvalue weighted by atomic mass is 10.1. The molecule has 120 valence electrons. The van der Waals surface area contributed by atoms with Gasteiger partial charge < -0.3 is 5.32 Å². The van der Waals surface area contributed by atoms with Gasteiger partial charge >= 0.3 is 0 Å². The van der Waals surface area contributed by atoms with E-state index in [0.29, 0.717) is 10.8 Å². The number of sulfonamides is 1. The van der Waals surface area contributed by atoms with Gasteiger partial charge in [-0.3, -0.25) is 0 Å². The first-order valence-electron chi connectivity index (χ1n) is 7.48. The fourth-order valence-corrected chi connectivity index (χ4v) is 4.22. The fraction of sp³-hybridized carbons (Fsp3) is 0.625. The maximum absolute atomic E-state index is 12.6. The molecule has 0 aromatic heterocycles. The van der Waals surface area contributed by atoms with Crippen molar-refractivity contribution in [2.45, 2.75) is 58.4 Å². The van der Waals surface area contributed by atoms with Crippen LogP contribution in [0.1, 0.15) is 44.7 Å².